The van der Waals surface area contributed by atoms with Crippen LogP contribution in [0.25, 0.3) is 0 Å². The average molecular weight is 334 g/mol. The van der Waals surface area contributed by atoms with Crippen molar-refractivity contribution in [1.82, 2.24) is 9.80 Å². The van der Waals surface area contributed by atoms with Crippen molar-refractivity contribution < 1.29 is 9.52 Å². The first-order valence-electron chi connectivity index (χ1n) is 8.32. The molecule has 0 bridgehead atoms. The van der Waals surface area contributed by atoms with Crippen molar-refractivity contribution in [3.63, 3.8) is 0 Å². The van der Waals surface area contributed by atoms with E-state index in [9.17, 15) is 5.11 Å². The predicted octanol–water partition coefficient (Wildman–Crippen LogP) is 3.03. The first-order chi connectivity index (χ1) is 11.1. The van der Waals surface area contributed by atoms with E-state index >= 15 is 0 Å². The molecule has 0 saturated carbocycles. The van der Waals surface area contributed by atoms with Crippen molar-refractivity contribution in [2.75, 3.05) is 26.2 Å². The third-order valence-electron chi connectivity index (χ3n) is 4.48. The Balaban J connectivity index is 1.60. The summed E-state index contributed by atoms with van der Waals surface area (Å²) in [7, 11) is 0. The molecule has 4 nitrogen and oxygen atoms in total. The fourth-order valence-corrected chi connectivity index (χ4v) is 4.23. The maximum Gasteiger partial charge on any atom is 0.118 e. The number of rotatable bonds is 6. The van der Waals surface area contributed by atoms with Gasteiger partial charge >= 0.3 is 0 Å². The predicted molar refractivity (Wildman–Crippen MR) is 93.7 cm³/mol. The third kappa shape index (κ3) is 4.44. The zero-order valence-electron chi connectivity index (χ0n) is 14.0. The Morgan fingerprint density at radius 2 is 2.04 bits per heavy atom. The normalized spacial score (nSPS) is 20.2. The zero-order valence-corrected chi connectivity index (χ0v) is 14.8. The fourth-order valence-electron chi connectivity index (χ4n) is 3.29. The molecule has 2 aromatic rings. The minimum absolute atomic E-state index is 0.240. The van der Waals surface area contributed by atoms with Crippen molar-refractivity contribution in [3.05, 3.63) is 45.5 Å². The summed E-state index contributed by atoms with van der Waals surface area (Å²) >= 11 is 1.88. The quantitative estimate of drug-likeness (QED) is 0.881. The second kappa shape index (κ2) is 7.62. The number of hydrogen-bond acceptors (Lipinski definition) is 5. The van der Waals surface area contributed by atoms with Crippen LogP contribution in [-0.4, -0.2) is 47.2 Å². The lowest BCUT2D eigenvalue weighted by Gasteiger charge is -2.41. The van der Waals surface area contributed by atoms with E-state index in [0.29, 0.717) is 6.04 Å². The van der Waals surface area contributed by atoms with Crippen molar-refractivity contribution in [3.8, 4) is 0 Å². The van der Waals surface area contributed by atoms with Crippen LogP contribution in [0.2, 0.25) is 0 Å². The van der Waals surface area contributed by atoms with E-state index in [-0.39, 0.29) is 6.61 Å². The van der Waals surface area contributed by atoms with Crippen LogP contribution < -0.4 is 0 Å². The lowest BCUT2D eigenvalue weighted by atomic mass is 10.1. The van der Waals surface area contributed by atoms with E-state index in [1.165, 1.54) is 9.75 Å². The molecule has 3 heterocycles. The van der Waals surface area contributed by atoms with Gasteiger partial charge in [-0.15, -0.1) is 11.3 Å². The Morgan fingerprint density at radius 3 is 2.70 bits per heavy atom. The maximum absolute atomic E-state index is 9.42. The van der Waals surface area contributed by atoms with Gasteiger partial charge in [-0.25, -0.2) is 0 Å². The molecule has 1 aliphatic rings. The molecule has 0 unspecified atom stereocenters. The summed E-state index contributed by atoms with van der Waals surface area (Å²) in [5, 5.41) is 9.42. The lowest BCUT2D eigenvalue weighted by molar-refractivity contribution is 0.0459. The minimum Gasteiger partial charge on any atom is -0.465 e. The molecule has 1 N–H and O–H groups in total. The van der Waals surface area contributed by atoms with Crippen molar-refractivity contribution in [1.29, 1.82) is 0 Å². The number of furan rings is 1. The van der Waals surface area contributed by atoms with Gasteiger partial charge in [0.15, 0.2) is 0 Å². The molecule has 3 rings (SSSR count). The molecule has 5 heteroatoms. The fraction of sp³-hybridized carbons (Fsp3) is 0.556. The van der Waals surface area contributed by atoms with Crippen LogP contribution in [0.1, 0.15) is 27.7 Å². The highest BCUT2D eigenvalue weighted by Crippen LogP contribution is 2.22. The molecule has 1 atom stereocenters. The summed E-state index contributed by atoms with van der Waals surface area (Å²) in [4.78, 5) is 7.76. The maximum atomic E-state index is 9.42. The van der Waals surface area contributed by atoms with Crippen molar-refractivity contribution in [2.45, 2.75) is 39.4 Å². The summed E-state index contributed by atoms with van der Waals surface area (Å²) in [6.07, 6.45) is 0.819. The van der Waals surface area contributed by atoms with Crippen molar-refractivity contribution >= 4 is 11.3 Å². The summed E-state index contributed by atoms with van der Waals surface area (Å²) in [5.41, 5.74) is 0. The molecule has 0 radical (unpaired) electrons. The molecule has 23 heavy (non-hydrogen) atoms. The molecule has 0 aliphatic carbocycles. The van der Waals surface area contributed by atoms with E-state index in [1.54, 1.807) is 0 Å². The van der Waals surface area contributed by atoms with Gasteiger partial charge in [0.05, 0.1) is 6.54 Å². The molecule has 126 valence electrons. The SMILES string of the molecule is Cc1ccc(CN2CCN(Cc3ccc(C)s3)C[C@@H]2CCO)o1. The van der Waals surface area contributed by atoms with Crippen LogP contribution in [0.4, 0.5) is 0 Å². The Kier molecular flexibility index (Phi) is 5.54. The van der Waals surface area contributed by atoms with E-state index in [4.69, 9.17) is 4.42 Å². The first-order valence-corrected chi connectivity index (χ1v) is 9.13. The van der Waals surface area contributed by atoms with Gasteiger partial charge in [-0.05, 0) is 44.5 Å². The number of aliphatic hydroxyl groups excluding tert-OH is 1. The van der Waals surface area contributed by atoms with E-state index in [0.717, 1.165) is 50.7 Å². The van der Waals surface area contributed by atoms with Crippen LogP contribution in [0, 0.1) is 13.8 Å². The Hall–Kier alpha value is -1.14. The van der Waals surface area contributed by atoms with Gasteiger partial charge in [-0.3, -0.25) is 9.80 Å². The molecule has 0 aromatic carbocycles. The highest BCUT2D eigenvalue weighted by Gasteiger charge is 2.27. The smallest absolute Gasteiger partial charge is 0.118 e. The van der Waals surface area contributed by atoms with Gasteiger partial charge in [0, 0.05) is 48.6 Å². The zero-order chi connectivity index (χ0) is 16.2. The van der Waals surface area contributed by atoms with Gasteiger partial charge in [-0.1, -0.05) is 0 Å². The van der Waals surface area contributed by atoms with Gasteiger partial charge in [0.25, 0.3) is 0 Å². The second-order valence-corrected chi connectivity index (χ2v) is 7.77. The highest BCUT2D eigenvalue weighted by molar-refractivity contribution is 7.11. The van der Waals surface area contributed by atoms with Crippen LogP contribution in [0.5, 0.6) is 0 Å². The van der Waals surface area contributed by atoms with Gasteiger partial charge in [0.2, 0.25) is 0 Å². The highest BCUT2D eigenvalue weighted by atomic mass is 32.1. The summed E-state index contributed by atoms with van der Waals surface area (Å²) < 4.78 is 5.72. The standard InChI is InChI=1S/C18H26N2O2S/c1-14-3-5-17(22-14)12-20-9-8-19(11-16(20)7-10-21)13-18-6-4-15(2)23-18/h3-6,16,21H,7-13H2,1-2H3/t16-/m0/s1. The average Bonchev–Trinajstić information content (AvgIpc) is 3.11. The number of thiophene rings is 1. The minimum atomic E-state index is 0.240. The monoisotopic (exact) mass is 334 g/mol. The van der Waals surface area contributed by atoms with Gasteiger partial charge in [-0.2, -0.15) is 0 Å². The Labute approximate surface area is 142 Å². The Bertz CT molecular complexity index is 622. The number of nitrogens with zero attached hydrogens (tertiary/aromatic N) is 2. The van der Waals surface area contributed by atoms with E-state index in [2.05, 4.69) is 34.9 Å². The molecular weight excluding hydrogens is 308 g/mol. The molecule has 2 aromatic heterocycles. The van der Waals surface area contributed by atoms with Crippen LogP contribution >= 0.6 is 11.3 Å². The van der Waals surface area contributed by atoms with Gasteiger partial charge in [0.1, 0.15) is 11.5 Å². The topological polar surface area (TPSA) is 39.9 Å². The number of aryl methyl sites for hydroxylation is 2. The van der Waals surface area contributed by atoms with Crippen LogP contribution in [0.15, 0.2) is 28.7 Å². The van der Waals surface area contributed by atoms with Gasteiger partial charge < -0.3 is 9.52 Å². The second-order valence-electron chi connectivity index (χ2n) is 6.40. The number of hydrogen-bond donors (Lipinski definition) is 1. The molecule has 1 saturated heterocycles. The van der Waals surface area contributed by atoms with Crippen molar-refractivity contribution in [2.24, 2.45) is 0 Å². The van der Waals surface area contributed by atoms with E-state index in [1.807, 2.05) is 24.3 Å². The molecule has 1 fully saturated rings. The molecule has 0 spiro atoms. The summed E-state index contributed by atoms with van der Waals surface area (Å²) in [5.74, 6) is 1.98. The van der Waals surface area contributed by atoms with Crippen LogP contribution in [-0.2, 0) is 13.1 Å². The first kappa shape index (κ1) is 16.7. The lowest BCUT2D eigenvalue weighted by Crippen LogP contribution is -2.52. The number of piperazine rings is 1. The number of aliphatic hydroxyl groups is 1. The molecule has 1 aliphatic heterocycles. The summed E-state index contributed by atoms with van der Waals surface area (Å²) in [6.45, 7) is 9.34. The Morgan fingerprint density at radius 1 is 1.17 bits per heavy atom. The largest absolute Gasteiger partial charge is 0.465 e. The molecule has 0 amide bonds. The third-order valence-corrected chi connectivity index (χ3v) is 5.47. The molecular formula is C18H26N2O2S. The van der Waals surface area contributed by atoms with E-state index < -0.39 is 0 Å². The summed E-state index contributed by atoms with van der Waals surface area (Å²) in [6, 6.07) is 8.90. The van der Waals surface area contributed by atoms with Crippen LogP contribution in [0.3, 0.4) is 0 Å².